The fraction of sp³-hybridized carbons (Fsp3) is 0.703. The standard InChI is InChI=1S/C64H108O6/c1-4-7-10-13-16-19-21-23-24-25-26-27-28-29-30-31-32-33-34-35-36-37-38-39-40-42-43-45-48-51-54-57-63(66)69-60-61(59-68-62(65)56-53-50-47-18-15-12-9-6-3)70-64(67)58-55-52-49-46-44-41-22-20-17-14-11-8-5-2/h7,10,16,19,23-24,26-27,29-30,32-33,35-36,38-39,61H,4-6,8-9,11-15,17-18,20-22,25,28,31,34,37,40-60H2,1-3H3/b10-7-,19-16-,24-23-,27-26-,30-29-,33-32-,36-35-,39-38-. The van der Waals surface area contributed by atoms with Gasteiger partial charge < -0.3 is 14.2 Å². The lowest BCUT2D eigenvalue weighted by molar-refractivity contribution is -0.167. The van der Waals surface area contributed by atoms with E-state index in [0.29, 0.717) is 19.3 Å². The van der Waals surface area contributed by atoms with Gasteiger partial charge in [0.1, 0.15) is 13.2 Å². The monoisotopic (exact) mass is 973 g/mol. The third-order valence-corrected chi connectivity index (χ3v) is 12.4. The molecule has 0 spiro atoms. The van der Waals surface area contributed by atoms with Crippen LogP contribution in [0.2, 0.25) is 0 Å². The molecule has 400 valence electrons. The molecule has 1 atom stereocenters. The van der Waals surface area contributed by atoms with E-state index in [0.717, 1.165) is 122 Å². The van der Waals surface area contributed by atoms with E-state index in [9.17, 15) is 14.4 Å². The largest absolute Gasteiger partial charge is 0.462 e. The average molecular weight is 974 g/mol. The van der Waals surface area contributed by atoms with Crippen molar-refractivity contribution >= 4 is 17.9 Å². The molecular weight excluding hydrogens is 865 g/mol. The number of hydrogen-bond acceptors (Lipinski definition) is 6. The molecule has 0 aromatic rings. The SMILES string of the molecule is CC/C=C\C/C=C\C/C=C\C/C=C\C/C=C\C/C=C\C/C=C\C/C=C\CCCCCCCCC(=O)OCC(COC(=O)CCCCCCCCCC)OC(=O)CCCCCCCCCCCCCCC. The van der Waals surface area contributed by atoms with Crippen LogP contribution in [0.4, 0.5) is 0 Å². The second-order valence-corrected chi connectivity index (χ2v) is 19.2. The molecule has 0 N–H and O–H groups in total. The van der Waals surface area contributed by atoms with E-state index >= 15 is 0 Å². The minimum atomic E-state index is -0.778. The Morgan fingerprint density at radius 1 is 0.300 bits per heavy atom. The predicted octanol–water partition coefficient (Wildman–Crippen LogP) is 19.7. The molecule has 0 aromatic heterocycles. The van der Waals surface area contributed by atoms with Crippen LogP contribution in [0, 0.1) is 0 Å². The molecule has 0 radical (unpaired) electrons. The van der Waals surface area contributed by atoms with Crippen molar-refractivity contribution in [3.05, 3.63) is 97.2 Å². The summed E-state index contributed by atoms with van der Waals surface area (Å²) < 4.78 is 16.8. The van der Waals surface area contributed by atoms with Gasteiger partial charge in [-0.1, -0.05) is 266 Å². The Balaban J connectivity index is 4.19. The first-order valence-corrected chi connectivity index (χ1v) is 29.2. The lowest BCUT2D eigenvalue weighted by atomic mass is 10.0. The Morgan fingerprint density at radius 2 is 0.557 bits per heavy atom. The number of esters is 3. The summed E-state index contributed by atoms with van der Waals surface area (Å²) >= 11 is 0. The first-order valence-electron chi connectivity index (χ1n) is 29.2. The number of hydrogen-bond donors (Lipinski definition) is 0. The van der Waals surface area contributed by atoms with Crippen molar-refractivity contribution in [2.75, 3.05) is 13.2 Å². The fourth-order valence-electron chi connectivity index (χ4n) is 7.99. The molecule has 0 saturated heterocycles. The van der Waals surface area contributed by atoms with Crippen molar-refractivity contribution < 1.29 is 28.6 Å². The molecule has 0 fully saturated rings. The van der Waals surface area contributed by atoms with Crippen LogP contribution in [0.1, 0.15) is 271 Å². The van der Waals surface area contributed by atoms with Gasteiger partial charge in [-0.05, 0) is 83.5 Å². The van der Waals surface area contributed by atoms with Crippen LogP contribution < -0.4 is 0 Å². The van der Waals surface area contributed by atoms with E-state index in [2.05, 4.69) is 118 Å². The van der Waals surface area contributed by atoms with Crippen molar-refractivity contribution in [3.8, 4) is 0 Å². The normalized spacial score (nSPS) is 12.8. The lowest BCUT2D eigenvalue weighted by Gasteiger charge is -2.18. The summed E-state index contributed by atoms with van der Waals surface area (Å²) in [5, 5.41) is 0. The van der Waals surface area contributed by atoms with Gasteiger partial charge in [-0.2, -0.15) is 0 Å². The highest BCUT2D eigenvalue weighted by atomic mass is 16.6. The van der Waals surface area contributed by atoms with E-state index in [1.807, 2.05) is 0 Å². The second-order valence-electron chi connectivity index (χ2n) is 19.2. The summed E-state index contributed by atoms with van der Waals surface area (Å²) in [4.78, 5) is 37.9. The molecule has 1 unspecified atom stereocenters. The molecule has 0 heterocycles. The summed E-state index contributed by atoms with van der Waals surface area (Å²) in [6, 6.07) is 0. The van der Waals surface area contributed by atoms with E-state index in [1.54, 1.807) is 0 Å². The Labute approximate surface area is 432 Å². The smallest absolute Gasteiger partial charge is 0.306 e. The van der Waals surface area contributed by atoms with Crippen LogP contribution in [0.15, 0.2) is 97.2 Å². The van der Waals surface area contributed by atoms with Gasteiger partial charge in [0, 0.05) is 19.3 Å². The van der Waals surface area contributed by atoms with Crippen LogP contribution >= 0.6 is 0 Å². The van der Waals surface area contributed by atoms with Crippen molar-refractivity contribution in [1.29, 1.82) is 0 Å². The minimum absolute atomic E-state index is 0.0789. The number of ether oxygens (including phenoxy) is 3. The maximum absolute atomic E-state index is 12.8. The Morgan fingerprint density at radius 3 is 0.871 bits per heavy atom. The van der Waals surface area contributed by atoms with Gasteiger partial charge in [0.2, 0.25) is 0 Å². The zero-order valence-corrected chi connectivity index (χ0v) is 45.8. The van der Waals surface area contributed by atoms with E-state index in [4.69, 9.17) is 14.2 Å². The van der Waals surface area contributed by atoms with Crippen LogP contribution in [0.25, 0.3) is 0 Å². The van der Waals surface area contributed by atoms with E-state index in [1.165, 1.54) is 109 Å². The Bertz CT molecular complexity index is 1400. The van der Waals surface area contributed by atoms with Crippen LogP contribution in [0.3, 0.4) is 0 Å². The van der Waals surface area contributed by atoms with Crippen LogP contribution in [-0.2, 0) is 28.6 Å². The fourth-order valence-corrected chi connectivity index (χ4v) is 7.99. The minimum Gasteiger partial charge on any atom is -0.462 e. The van der Waals surface area contributed by atoms with Gasteiger partial charge in [0.15, 0.2) is 6.10 Å². The second kappa shape index (κ2) is 57.9. The van der Waals surface area contributed by atoms with Gasteiger partial charge in [-0.15, -0.1) is 0 Å². The first kappa shape index (κ1) is 66.3. The van der Waals surface area contributed by atoms with Gasteiger partial charge in [0.25, 0.3) is 0 Å². The third kappa shape index (κ3) is 55.3. The number of unbranched alkanes of at least 4 members (excludes halogenated alkanes) is 25. The van der Waals surface area contributed by atoms with Gasteiger partial charge in [0.05, 0.1) is 0 Å². The number of carbonyl (C=O) groups is 3. The number of allylic oxidation sites excluding steroid dienone is 16. The van der Waals surface area contributed by atoms with E-state index < -0.39 is 6.10 Å². The number of rotatable bonds is 52. The first-order chi connectivity index (χ1) is 34.5. The van der Waals surface area contributed by atoms with Gasteiger partial charge in [-0.25, -0.2) is 0 Å². The third-order valence-electron chi connectivity index (χ3n) is 12.4. The maximum atomic E-state index is 12.8. The molecule has 0 rings (SSSR count). The van der Waals surface area contributed by atoms with Crippen molar-refractivity contribution in [3.63, 3.8) is 0 Å². The predicted molar refractivity (Wildman–Crippen MR) is 302 cm³/mol. The molecule has 0 aliphatic rings. The zero-order chi connectivity index (χ0) is 50.7. The highest BCUT2D eigenvalue weighted by Gasteiger charge is 2.19. The summed E-state index contributed by atoms with van der Waals surface area (Å²) in [7, 11) is 0. The quantitative estimate of drug-likeness (QED) is 0.0262. The molecule has 0 aliphatic heterocycles. The summed E-state index contributed by atoms with van der Waals surface area (Å²) in [6.07, 6.45) is 77.0. The molecule has 6 heteroatoms. The highest BCUT2D eigenvalue weighted by molar-refractivity contribution is 5.71. The van der Waals surface area contributed by atoms with Crippen molar-refractivity contribution in [2.45, 2.75) is 277 Å². The molecule has 70 heavy (non-hydrogen) atoms. The topological polar surface area (TPSA) is 78.9 Å². The lowest BCUT2D eigenvalue weighted by Crippen LogP contribution is -2.30. The molecule has 0 aliphatic carbocycles. The molecule has 6 nitrogen and oxygen atoms in total. The molecule has 0 amide bonds. The highest BCUT2D eigenvalue weighted by Crippen LogP contribution is 2.15. The summed E-state index contributed by atoms with van der Waals surface area (Å²) in [6.45, 7) is 6.49. The molecule has 0 bridgehead atoms. The molecule has 0 saturated carbocycles. The Hall–Kier alpha value is -3.67. The van der Waals surface area contributed by atoms with Gasteiger partial charge >= 0.3 is 17.9 Å². The van der Waals surface area contributed by atoms with Crippen LogP contribution in [0.5, 0.6) is 0 Å². The molecular formula is C64H108O6. The molecule has 0 aromatic carbocycles. The zero-order valence-electron chi connectivity index (χ0n) is 45.8. The number of carbonyl (C=O) groups excluding carboxylic acids is 3. The summed E-state index contributed by atoms with van der Waals surface area (Å²) in [5.74, 6) is -0.894. The van der Waals surface area contributed by atoms with Crippen LogP contribution in [-0.4, -0.2) is 37.2 Å². The average Bonchev–Trinajstić information content (AvgIpc) is 3.36. The van der Waals surface area contributed by atoms with E-state index in [-0.39, 0.29) is 31.1 Å². The van der Waals surface area contributed by atoms with Crippen molar-refractivity contribution in [2.24, 2.45) is 0 Å². The van der Waals surface area contributed by atoms with Gasteiger partial charge in [-0.3, -0.25) is 14.4 Å². The maximum Gasteiger partial charge on any atom is 0.306 e. The summed E-state index contributed by atoms with van der Waals surface area (Å²) in [5.41, 5.74) is 0. The van der Waals surface area contributed by atoms with Crippen molar-refractivity contribution in [1.82, 2.24) is 0 Å². The Kier molecular flexibility index (Phi) is 54.9.